The molecule has 1 amide bonds. The van der Waals surface area contributed by atoms with E-state index in [-0.39, 0.29) is 31.1 Å². The molecule has 0 saturated carbocycles. The molecule has 1 unspecified atom stereocenters. The molecule has 1 heterocycles. The number of nitrogens with one attached hydrogen (secondary N) is 1. The normalized spacial score (nSPS) is 11.9. The molecule has 1 aromatic heterocycles. The number of benzene rings is 1. The Balaban J connectivity index is 1.87. The highest BCUT2D eigenvalue weighted by Crippen LogP contribution is 2.15. The van der Waals surface area contributed by atoms with Gasteiger partial charge < -0.3 is 10.4 Å². The van der Waals surface area contributed by atoms with Crippen LogP contribution in [0, 0.1) is 0 Å². The maximum Gasteiger partial charge on any atom is 0.221 e. The molecule has 0 bridgehead atoms. The molecule has 2 N–H and O–H groups in total. The lowest BCUT2D eigenvalue weighted by molar-refractivity contribution is -0.122. The summed E-state index contributed by atoms with van der Waals surface area (Å²) < 4.78 is 0. The minimum Gasteiger partial charge on any atom is -0.394 e. The van der Waals surface area contributed by atoms with E-state index in [0.717, 1.165) is 12.0 Å². The number of aliphatic hydroxyl groups is 1. The summed E-state index contributed by atoms with van der Waals surface area (Å²) in [7, 11) is 0. The van der Waals surface area contributed by atoms with Crippen molar-refractivity contribution < 1.29 is 14.7 Å². The van der Waals surface area contributed by atoms with E-state index in [0.29, 0.717) is 4.88 Å². The number of hydrogen-bond donors (Lipinski definition) is 2. The molecule has 0 saturated heterocycles. The monoisotopic (exact) mass is 331 g/mol. The van der Waals surface area contributed by atoms with Gasteiger partial charge in [-0.25, -0.2) is 0 Å². The van der Waals surface area contributed by atoms with Gasteiger partial charge in [0.1, 0.15) is 0 Å². The first kappa shape index (κ1) is 17.4. The van der Waals surface area contributed by atoms with E-state index in [4.69, 9.17) is 0 Å². The van der Waals surface area contributed by atoms with Gasteiger partial charge in [0.25, 0.3) is 0 Å². The highest BCUT2D eigenvalue weighted by Gasteiger charge is 2.15. The lowest BCUT2D eigenvalue weighted by atomic mass is 10.0. The van der Waals surface area contributed by atoms with E-state index in [9.17, 15) is 14.7 Å². The van der Waals surface area contributed by atoms with Crippen LogP contribution in [-0.2, 0) is 11.2 Å². The van der Waals surface area contributed by atoms with Gasteiger partial charge in [0, 0.05) is 12.8 Å². The Labute approximate surface area is 140 Å². The zero-order valence-corrected chi connectivity index (χ0v) is 13.9. The fraction of sp³-hybridized carbons (Fsp3) is 0.333. The number of amides is 1. The predicted octanol–water partition coefficient (Wildman–Crippen LogP) is 3.12. The van der Waals surface area contributed by atoms with E-state index in [1.165, 1.54) is 16.9 Å². The maximum atomic E-state index is 12.0. The van der Waals surface area contributed by atoms with Crippen LogP contribution >= 0.6 is 11.3 Å². The molecule has 0 fully saturated rings. The van der Waals surface area contributed by atoms with Crippen LogP contribution in [0.25, 0.3) is 0 Å². The van der Waals surface area contributed by atoms with Crippen LogP contribution in [0.2, 0.25) is 0 Å². The van der Waals surface area contributed by atoms with Crippen LogP contribution < -0.4 is 5.32 Å². The summed E-state index contributed by atoms with van der Waals surface area (Å²) >= 11 is 1.38. The van der Waals surface area contributed by atoms with Crippen molar-refractivity contribution in [3.63, 3.8) is 0 Å². The number of carbonyl (C=O) groups excluding carboxylic acids is 2. The van der Waals surface area contributed by atoms with Crippen LogP contribution in [0.4, 0.5) is 0 Å². The van der Waals surface area contributed by atoms with Gasteiger partial charge in [-0.2, -0.15) is 0 Å². The first-order chi connectivity index (χ1) is 11.1. The van der Waals surface area contributed by atoms with Crippen molar-refractivity contribution in [3.8, 4) is 0 Å². The van der Waals surface area contributed by atoms with E-state index >= 15 is 0 Å². The summed E-state index contributed by atoms with van der Waals surface area (Å²) in [5.74, 6) is -0.253. The minimum absolute atomic E-state index is 0.0250. The number of thiophene rings is 1. The van der Waals surface area contributed by atoms with Crippen molar-refractivity contribution >= 4 is 23.0 Å². The van der Waals surface area contributed by atoms with Gasteiger partial charge in [-0.15, -0.1) is 11.3 Å². The molecule has 1 aromatic carbocycles. The lowest BCUT2D eigenvalue weighted by Crippen LogP contribution is -2.31. The smallest absolute Gasteiger partial charge is 0.221 e. The Bertz CT molecular complexity index is 635. The largest absolute Gasteiger partial charge is 0.394 e. The van der Waals surface area contributed by atoms with Crippen LogP contribution in [0.5, 0.6) is 0 Å². The van der Waals surface area contributed by atoms with Crippen LogP contribution in [0.1, 0.15) is 46.6 Å². The molecule has 0 spiro atoms. The molecule has 122 valence electrons. The van der Waals surface area contributed by atoms with Crippen molar-refractivity contribution in [2.24, 2.45) is 0 Å². The zero-order chi connectivity index (χ0) is 16.7. The molecule has 1 atom stereocenters. The van der Waals surface area contributed by atoms with Gasteiger partial charge in [0.2, 0.25) is 5.91 Å². The Morgan fingerprint density at radius 3 is 2.48 bits per heavy atom. The van der Waals surface area contributed by atoms with Gasteiger partial charge in [-0.3, -0.25) is 9.59 Å². The molecule has 5 heteroatoms. The highest BCUT2D eigenvalue weighted by atomic mass is 32.1. The summed E-state index contributed by atoms with van der Waals surface area (Å²) in [5, 5.41) is 14.1. The first-order valence-corrected chi connectivity index (χ1v) is 8.57. The standard InChI is InChI=1S/C18H21NO3S/c1-2-13-5-7-14(8-6-13)15(12-20)19-18(22)10-9-16(21)17-4-3-11-23-17/h3-8,11,15,20H,2,9-10,12H2,1H3,(H,19,22). The van der Waals surface area contributed by atoms with E-state index in [1.807, 2.05) is 35.7 Å². The number of rotatable bonds is 8. The Kier molecular flexibility index (Phi) is 6.50. The average molecular weight is 331 g/mol. The molecular weight excluding hydrogens is 310 g/mol. The summed E-state index contributed by atoms with van der Waals surface area (Å²) in [4.78, 5) is 24.6. The van der Waals surface area contributed by atoms with Gasteiger partial charge >= 0.3 is 0 Å². The summed E-state index contributed by atoms with van der Waals surface area (Å²) in [6, 6.07) is 10.9. The molecule has 2 aromatic rings. The van der Waals surface area contributed by atoms with Gasteiger partial charge in [-0.1, -0.05) is 37.3 Å². The predicted molar refractivity (Wildman–Crippen MR) is 91.7 cm³/mol. The summed E-state index contributed by atoms with van der Waals surface area (Å²) in [5.41, 5.74) is 2.07. The van der Waals surface area contributed by atoms with Crippen molar-refractivity contribution in [2.75, 3.05) is 6.61 Å². The zero-order valence-electron chi connectivity index (χ0n) is 13.1. The molecular formula is C18H21NO3S. The number of ketones is 1. The molecule has 0 aliphatic carbocycles. The van der Waals surface area contributed by atoms with Crippen molar-refractivity contribution in [1.29, 1.82) is 0 Å². The van der Waals surface area contributed by atoms with E-state index in [1.54, 1.807) is 6.07 Å². The summed E-state index contributed by atoms with van der Waals surface area (Å²) in [6.45, 7) is 1.90. The second-order valence-electron chi connectivity index (χ2n) is 5.30. The fourth-order valence-corrected chi connectivity index (χ4v) is 2.97. The SMILES string of the molecule is CCc1ccc(C(CO)NC(=O)CCC(=O)c2cccs2)cc1. The molecule has 4 nitrogen and oxygen atoms in total. The third-order valence-corrected chi connectivity index (χ3v) is 4.59. The molecule has 0 aliphatic heterocycles. The Hall–Kier alpha value is -1.98. The number of carbonyl (C=O) groups is 2. The minimum atomic E-state index is -0.440. The third-order valence-electron chi connectivity index (χ3n) is 3.68. The summed E-state index contributed by atoms with van der Waals surface area (Å²) in [6.07, 6.45) is 1.25. The number of aryl methyl sites for hydroxylation is 1. The Morgan fingerprint density at radius 1 is 1.17 bits per heavy atom. The molecule has 0 aliphatic rings. The van der Waals surface area contributed by atoms with Gasteiger partial charge in [-0.05, 0) is 29.0 Å². The second-order valence-corrected chi connectivity index (χ2v) is 6.25. The topological polar surface area (TPSA) is 66.4 Å². The average Bonchev–Trinajstić information content (AvgIpc) is 3.12. The van der Waals surface area contributed by atoms with Crippen LogP contribution in [-0.4, -0.2) is 23.4 Å². The van der Waals surface area contributed by atoms with Crippen molar-refractivity contribution in [1.82, 2.24) is 5.32 Å². The molecule has 2 rings (SSSR count). The molecule has 23 heavy (non-hydrogen) atoms. The van der Waals surface area contributed by atoms with Gasteiger partial charge in [0.05, 0.1) is 17.5 Å². The van der Waals surface area contributed by atoms with E-state index < -0.39 is 6.04 Å². The van der Waals surface area contributed by atoms with E-state index in [2.05, 4.69) is 12.2 Å². The van der Waals surface area contributed by atoms with Gasteiger partial charge in [0.15, 0.2) is 5.78 Å². The highest BCUT2D eigenvalue weighted by molar-refractivity contribution is 7.12. The van der Waals surface area contributed by atoms with Crippen molar-refractivity contribution in [3.05, 3.63) is 57.8 Å². The lowest BCUT2D eigenvalue weighted by Gasteiger charge is -2.17. The Morgan fingerprint density at radius 2 is 1.91 bits per heavy atom. The number of aliphatic hydroxyl groups excluding tert-OH is 1. The quantitative estimate of drug-likeness (QED) is 0.730. The first-order valence-electron chi connectivity index (χ1n) is 7.69. The second kappa shape index (κ2) is 8.60. The van der Waals surface area contributed by atoms with Crippen LogP contribution in [0.3, 0.4) is 0 Å². The maximum absolute atomic E-state index is 12.0. The van der Waals surface area contributed by atoms with Crippen LogP contribution in [0.15, 0.2) is 41.8 Å². The fourth-order valence-electron chi connectivity index (χ4n) is 2.27. The molecule has 0 radical (unpaired) electrons. The third kappa shape index (κ3) is 5.01. The number of hydrogen-bond acceptors (Lipinski definition) is 4. The number of Topliss-reactive ketones (excluding diaryl/α,β-unsaturated/α-hetero) is 1. The van der Waals surface area contributed by atoms with Crippen molar-refractivity contribution in [2.45, 2.75) is 32.2 Å².